The highest BCUT2D eigenvalue weighted by Crippen LogP contribution is 2.42. The second-order valence-electron chi connectivity index (χ2n) is 7.76. The molecule has 0 aliphatic rings. The number of carbonyl (C=O) groups excluding carboxylic acids is 2. The number of esters is 2. The molecule has 1 aromatic heterocycles. The van der Waals surface area contributed by atoms with E-state index in [4.69, 9.17) is 17.9 Å². The van der Waals surface area contributed by atoms with Crippen molar-refractivity contribution < 1.29 is 27.5 Å². The second-order valence-corrected chi connectivity index (χ2v) is 9.01. The lowest BCUT2D eigenvalue weighted by molar-refractivity contribution is 0.0518. The molecule has 4 aromatic carbocycles. The molecule has 0 fully saturated rings. The highest BCUT2D eigenvalue weighted by atomic mass is 31.1. The van der Waals surface area contributed by atoms with Crippen LogP contribution >= 0.6 is 8.01 Å². The molecule has 0 radical (unpaired) electrons. The second kappa shape index (κ2) is 8.88. The number of ether oxygens (including phenoxy) is 2. The largest absolute Gasteiger partial charge is 0.462 e. The Labute approximate surface area is 196 Å². The molecule has 34 heavy (non-hydrogen) atoms. The fraction of sp³-hybridized carbons (Fsp3) is 0.185. The van der Waals surface area contributed by atoms with Crippen molar-refractivity contribution in [3.63, 3.8) is 0 Å². The molecule has 0 N–H and O–H groups in total. The SMILES string of the molecule is CCOC(=O)c1cc2ccccc2c2c1op(C)oc1c(C(=O)OCC)cc3ccccc3c12. The maximum absolute atomic E-state index is 13.0. The van der Waals surface area contributed by atoms with E-state index in [9.17, 15) is 9.59 Å². The van der Waals surface area contributed by atoms with Crippen LogP contribution in [0.2, 0.25) is 0 Å². The Balaban J connectivity index is 2.13. The van der Waals surface area contributed by atoms with Gasteiger partial charge in [0.05, 0.1) is 13.2 Å². The summed E-state index contributed by atoms with van der Waals surface area (Å²) in [4.78, 5) is 26.0. The summed E-state index contributed by atoms with van der Waals surface area (Å²) in [6, 6.07) is 19.1. The van der Waals surface area contributed by atoms with Crippen molar-refractivity contribution >= 4 is 63.4 Å². The third-order valence-corrected chi connectivity index (χ3v) is 6.56. The molecule has 0 aliphatic heterocycles. The van der Waals surface area contributed by atoms with Crippen molar-refractivity contribution in [1.82, 2.24) is 0 Å². The van der Waals surface area contributed by atoms with Gasteiger partial charge in [-0.05, 0) is 47.5 Å². The number of hydrogen-bond acceptors (Lipinski definition) is 6. The highest BCUT2D eigenvalue weighted by molar-refractivity contribution is 7.35. The van der Waals surface area contributed by atoms with Crippen LogP contribution in [-0.2, 0) is 16.1 Å². The number of benzene rings is 4. The van der Waals surface area contributed by atoms with Gasteiger partial charge in [0.1, 0.15) is 11.1 Å². The van der Waals surface area contributed by atoms with Gasteiger partial charge in [0.15, 0.2) is 11.2 Å². The molecule has 0 bridgehead atoms. The molecular weight excluding hydrogens is 451 g/mol. The predicted molar refractivity (Wildman–Crippen MR) is 134 cm³/mol. The summed E-state index contributed by atoms with van der Waals surface area (Å²) >= 11 is 0. The third kappa shape index (κ3) is 3.61. The van der Waals surface area contributed by atoms with E-state index in [2.05, 4.69) is 0 Å². The predicted octanol–water partition coefficient (Wildman–Crippen LogP) is 7.49. The Morgan fingerprint density at radius 2 is 1.15 bits per heavy atom. The van der Waals surface area contributed by atoms with Crippen LogP contribution in [-0.4, -0.2) is 25.2 Å². The zero-order valence-electron chi connectivity index (χ0n) is 19.1. The van der Waals surface area contributed by atoms with Crippen LogP contribution < -0.4 is 0 Å². The molecule has 0 saturated heterocycles. The van der Waals surface area contributed by atoms with Crippen LogP contribution in [0, 0.1) is 0 Å². The van der Waals surface area contributed by atoms with Gasteiger partial charge < -0.3 is 17.9 Å². The van der Waals surface area contributed by atoms with Crippen LogP contribution in [0.1, 0.15) is 34.6 Å². The van der Waals surface area contributed by atoms with Gasteiger partial charge in [-0.1, -0.05) is 48.5 Å². The van der Waals surface area contributed by atoms with Gasteiger partial charge in [-0.15, -0.1) is 0 Å². The maximum Gasteiger partial charge on any atom is 0.341 e. The number of fused-ring (bicyclic) bond motifs is 7. The molecule has 1 heterocycles. The first-order chi connectivity index (χ1) is 16.5. The minimum absolute atomic E-state index is 0.240. The van der Waals surface area contributed by atoms with E-state index in [0.717, 1.165) is 21.5 Å². The third-order valence-electron chi connectivity index (χ3n) is 5.68. The molecule has 5 rings (SSSR count). The molecule has 6 nitrogen and oxygen atoms in total. The van der Waals surface area contributed by atoms with Crippen molar-refractivity contribution in [2.75, 3.05) is 13.2 Å². The van der Waals surface area contributed by atoms with E-state index in [1.54, 1.807) is 32.6 Å². The number of carbonyl (C=O) groups is 2. The number of hydrogen-bond donors (Lipinski definition) is 0. The van der Waals surface area contributed by atoms with E-state index < -0.39 is 20.0 Å². The minimum Gasteiger partial charge on any atom is -0.462 e. The van der Waals surface area contributed by atoms with Crippen molar-refractivity contribution in [2.24, 2.45) is 6.66 Å². The molecule has 0 atom stereocenters. The Kier molecular flexibility index (Phi) is 5.76. The molecule has 7 heteroatoms. The summed E-state index contributed by atoms with van der Waals surface area (Å²) in [5.74, 6) is -0.940. The maximum atomic E-state index is 13.0. The quantitative estimate of drug-likeness (QED) is 0.251. The monoisotopic (exact) mass is 474 g/mol. The Bertz CT molecular complexity index is 1510. The highest BCUT2D eigenvalue weighted by Gasteiger charge is 2.23. The van der Waals surface area contributed by atoms with E-state index in [0.29, 0.717) is 33.1 Å². The minimum atomic E-state index is -1.52. The first-order valence-electron chi connectivity index (χ1n) is 11.1. The molecule has 0 saturated carbocycles. The zero-order valence-corrected chi connectivity index (χ0v) is 20.0. The summed E-state index contributed by atoms with van der Waals surface area (Å²) in [5.41, 5.74) is 1.45. The normalized spacial score (nSPS) is 11.3. The van der Waals surface area contributed by atoms with Gasteiger partial charge in [0.25, 0.3) is 0 Å². The van der Waals surface area contributed by atoms with Crippen molar-refractivity contribution in [1.29, 1.82) is 0 Å². The summed E-state index contributed by atoms with van der Waals surface area (Å²) in [6.45, 7) is 5.81. The first-order valence-corrected chi connectivity index (χ1v) is 12.7. The lowest BCUT2D eigenvalue weighted by Gasteiger charge is -2.11. The van der Waals surface area contributed by atoms with Crippen LogP contribution in [0.25, 0.3) is 43.5 Å². The average molecular weight is 474 g/mol. The van der Waals surface area contributed by atoms with Gasteiger partial charge >= 0.3 is 11.9 Å². The Morgan fingerprint density at radius 3 is 1.56 bits per heavy atom. The van der Waals surface area contributed by atoms with E-state index in [1.807, 2.05) is 48.5 Å². The molecule has 0 amide bonds. The first kappa shape index (κ1) is 22.1. The molecule has 0 unspecified atom stereocenters. The van der Waals surface area contributed by atoms with E-state index in [-0.39, 0.29) is 13.2 Å². The lowest BCUT2D eigenvalue weighted by atomic mass is 9.94. The lowest BCUT2D eigenvalue weighted by Crippen LogP contribution is -2.06. The average Bonchev–Trinajstić information content (AvgIpc) is 2.99. The molecule has 172 valence electrons. The van der Waals surface area contributed by atoms with Gasteiger partial charge in [0.2, 0.25) is 8.01 Å². The van der Waals surface area contributed by atoms with Crippen molar-refractivity contribution in [2.45, 2.75) is 13.8 Å². The zero-order chi connectivity index (χ0) is 23.8. The fourth-order valence-corrected chi connectivity index (χ4v) is 5.27. The molecular formula is C27H23O6P. The number of aryl methyl sites for hydroxylation is 1. The van der Waals surface area contributed by atoms with E-state index >= 15 is 0 Å². The van der Waals surface area contributed by atoms with E-state index in [1.165, 1.54) is 0 Å². The topological polar surface area (TPSA) is 78.9 Å². The summed E-state index contributed by atoms with van der Waals surface area (Å²) in [6.07, 6.45) is 0. The molecule has 5 aromatic rings. The standard InChI is InChI=1S/C27H23O6P/c1-4-30-26(28)20-14-16-10-6-8-12-18(16)22-23-19-13-9-7-11-17(19)15-21(27(29)31-5-2)25(23)33-34(3)32-24(20)22/h6-15H,4-5H2,1-3H3. The van der Waals surface area contributed by atoms with Crippen LogP contribution in [0.3, 0.4) is 0 Å². The van der Waals surface area contributed by atoms with Gasteiger partial charge in [0, 0.05) is 17.4 Å². The van der Waals surface area contributed by atoms with Gasteiger partial charge in [-0.25, -0.2) is 9.59 Å². The van der Waals surface area contributed by atoms with Crippen LogP contribution in [0.5, 0.6) is 0 Å². The molecule has 0 aliphatic carbocycles. The molecule has 0 spiro atoms. The van der Waals surface area contributed by atoms with Crippen molar-refractivity contribution in [3.05, 3.63) is 71.8 Å². The Hall–Kier alpha value is -3.76. The fourth-order valence-electron chi connectivity index (χ4n) is 4.34. The van der Waals surface area contributed by atoms with Gasteiger partial charge in [-0.3, -0.25) is 0 Å². The summed E-state index contributed by atoms with van der Waals surface area (Å²) < 4.78 is 23.3. The smallest absolute Gasteiger partial charge is 0.341 e. The summed E-state index contributed by atoms with van der Waals surface area (Å²) in [7, 11) is -1.52. The van der Waals surface area contributed by atoms with Crippen LogP contribution in [0.4, 0.5) is 0 Å². The van der Waals surface area contributed by atoms with Crippen LogP contribution in [0.15, 0.2) is 69.1 Å². The Morgan fingerprint density at radius 1 is 0.735 bits per heavy atom. The summed E-state index contributed by atoms with van der Waals surface area (Å²) in [5, 5.41) is 4.87. The van der Waals surface area contributed by atoms with Crippen molar-refractivity contribution in [3.8, 4) is 0 Å². The van der Waals surface area contributed by atoms with Gasteiger partial charge in [-0.2, -0.15) is 0 Å². The number of rotatable bonds is 4.